The van der Waals surface area contributed by atoms with E-state index >= 15 is 0 Å². The average molecular weight is 618 g/mol. The molecule has 234 valence electrons. The summed E-state index contributed by atoms with van der Waals surface area (Å²) < 4.78 is 25.3. The molecule has 7 nitrogen and oxygen atoms in total. The second kappa shape index (κ2) is 15.6. The molecule has 0 aromatic heterocycles. The van der Waals surface area contributed by atoms with E-state index in [1.807, 2.05) is 0 Å². The first kappa shape index (κ1) is 32.1. The Hall–Kier alpha value is 0.710. The predicted octanol–water partition coefficient (Wildman–Crippen LogP) is 7.68. The van der Waals surface area contributed by atoms with E-state index in [9.17, 15) is 0 Å². The molecule has 6 saturated heterocycles. The fourth-order valence-electron chi connectivity index (χ4n) is 8.71. The first-order valence-electron chi connectivity index (χ1n) is 17.5. The van der Waals surface area contributed by atoms with Crippen molar-refractivity contribution in [3.63, 3.8) is 0 Å². The maximum absolute atomic E-state index is 6.89. The molecular formula is C30H62ClN7P2. The summed E-state index contributed by atoms with van der Waals surface area (Å²) in [4.78, 5) is 0. The Kier molecular flexibility index (Phi) is 12.5. The van der Waals surface area contributed by atoms with Crippen molar-refractivity contribution in [2.75, 3.05) is 78.5 Å². The molecule has 0 N–H and O–H groups in total. The molecule has 0 atom stereocenters. The third-order valence-corrected chi connectivity index (χ3v) is 20.3. The molecule has 0 bridgehead atoms. The third kappa shape index (κ3) is 6.69. The largest absolute Gasteiger partial charge is 0.147 e. The predicted molar refractivity (Wildman–Crippen MR) is 177 cm³/mol. The molecular weight excluding hydrogens is 556 g/mol. The van der Waals surface area contributed by atoms with Crippen molar-refractivity contribution in [3.8, 4) is 0 Å². The molecule has 6 aliphatic heterocycles. The van der Waals surface area contributed by atoms with E-state index in [2.05, 4.69) is 28.0 Å². The summed E-state index contributed by atoms with van der Waals surface area (Å²) in [5.41, 5.74) is 0. The molecule has 0 saturated carbocycles. The van der Waals surface area contributed by atoms with Crippen molar-refractivity contribution in [1.29, 1.82) is 0 Å². The van der Waals surface area contributed by atoms with Gasteiger partial charge in [0.15, 0.2) is 0 Å². The average Bonchev–Trinajstić information content (AvgIpc) is 3.04. The Labute approximate surface area is 253 Å². The zero-order valence-electron chi connectivity index (χ0n) is 25.7. The van der Waals surface area contributed by atoms with Gasteiger partial charge in [0.2, 0.25) is 0 Å². The van der Waals surface area contributed by atoms with Crippen molar-refractivity contribution >= 4 is 27.8 Å². The van der Waals surface area contributed by atoms with Crippen LogP contribution < -0.4 is 0 Å². The second-order valence-corrected chi connectivity index (χ2v) is 20.1. The summed E-state index contributed by atoms with van der Waals surface area (Å²) in [6, 6.07) is 0. The van der Waals surface area contributed by atoms with Gasteiger partial charge in [-0.25, -0.2) is 0 Å². The summed E-state index contributed by atoms with van der Waals surface area (Å²) in [5.74, 6) is 0. The van der Waals surface area contributed by atoms with Crippen LogP contribution in [0.15, 0.2) is 4.52 Å². The van der Waals surface area contributed by atoms with E-state index in [1.165, 1.54) is 194 Å². The minimum Gasteiger partial charge on any atom is -0.147 e. The van der Waals surface area contributed by atoms with Crippen molar-refractivity contribution in [1.82, 2.24) is 28.0 Å². The molecule has 6 rings (SSSR count). The second-order valence-electron chi connectivity index (χ2n) is 13.4. The van der Waals surface area contributed by atoms with Crippen LogP contribution in [-0.2, 0) is 0 Å². The van der Waals surface area contributed by atoms with Crippen LogP contribution in [0, 0.1) is 0 Å². The van der Waals surface area contributed by atoms with Crippen molar-refractivity contribution < 1.29 is 0 Å². The van der Waals surface area contributed by atoms with Crippen molar-refractivity contribution in [3.05, 3.63) is 0 Å². The van der Waals surface area contributed by atoms with Gasteiger partial charge in [0, 0.05) is 0 Å². The third-order valence-electron chi connectivity index (χ3n) is 10.7. The van der Waals surface area contributed by atoms with Crippen molar-refractivity contribution in [2.24, 2.45) is 4.52 Å². The first-order chi connectivity index (χ1) is 19.3. The van der Waals surface area contributed by atoms with E-state index in [0.717, 1.165) is 0 Å². The van der Waals surface area contributed by atoms with Crippen LogP contribution in [0.25, 0.3) is 0 Å². The molecule has 6 heterocycles. The fourth-order valence-corrected chi connectivity index (χ4v) is 20.7. The molecule has 0 unspecified atom stereocenters. The monoisotopic (exact) mass is 617 g/mol. The molecule has 0 aromatic rings. The number of hydrogen-bond acceptors (Lipinski definition) is 4. The van der Waals surface area contributed by atoms with Crippen molar-refractivity contribution in [2.45, 2.75) is 116 Å². The molecule has 0 aromatic carbocycles. The fraction of sp³-hybridized carbons (Fsp3) is 1.00. The van der Waals surface area contributed by atoms with Gasteiger partial charge in [-0.3, -0.25) is 0 Å². The van der Waals surface area contributed by atoms with E-state index < -0.39 is 15.4 Å². The normalized spacial score (nSPS) is 29.1. The zero-order chi connectivity index (χ0) is 26.4. The Morgan fingerprint density at radius 1 is 0.325 bits per heavy atom. The number of rotatable bonds is 7. The van der Waals surface area contributed by atoms with E-state index in [0.29, 0.717) is 0 Å². The van der Waals surface area contributed by atoms with Gasteiger partial charge in [0.25, 0.3) is 0 Å². The SMILES string of the molecule is C1CCN(P(=N[PH](N2CCCCC2)(N2CCCCC2)N2CCCCC2)(N2CCCCC2)N2CCCCC2)CC1.Cl. The van der Waals surface area contributed by atoms with Gasteiger partial charge in [0.05, 0.1) is 0 Å². The first-order valence-corrected chi connectivity index (χ1v) is 20.9. The number of halogens is 1. The summed E-state index contributed by atoms with van der Waals surface area (Å²) >= 11 is 0. The Morgan fingerprint density at radius 3 is 0.800 bits per heavy atom. The van der Waals surface area contributed by atoms with Crippen LogP contribution >= 0.6 is 27.8 Å². The smallest absolute Gasteiger partial charge is 0.147 e. The minimum atomic E-state index is -2.43. The molecule has 0 amide bonds. The molecule has 0 spiro atoms. The van der Waals surface area contributed by atoms with Crippen LogP contribution in [-0.4, -0.2) is 107 Å². The maximum Gasteiger partial charge on any atom is -0.147 e. The summed E-state index contributed by atoms with van der Waals surface area (Å²) in [6.07, 6.45) is 25.1. The van der Waals surface area contributed by atoms with Gasteiger partial charge in [-0.2, -0.15) is 0 Å². The zero-order valence-corrected chi connectivity index (χ0v) is 28.4. The summed E-state index contributed by atoms with van der Waals surface area (Å²) in [5, 5.41) is 0. The van der Waals surface area contributed by atoms with Gasteiger partial charge in [0.1, 0.15) is 0 Å². The minimum absolute atomic E-state index is 0. The molecule has 0 aliphatic carbocycles. The van der Waals surface area contributed by atoms with Crippen LogP contribution in [0.3, 0.4) is 0 Å². The van der Waals surface area contributed by atoms with E-state index in [4.69, 9.17) is 4.52 Å². The Bertz CT molecular complexity index is 698. The van der Waals surface area contributed by atoms with E-state index in [1.54, 1.807) is 0 Å². The Morgan fingerprint density at radius 2 is 0.550 bits per heavy atom. The van der Waals surface area contributed by atoms with Crippen LogP contribution in [0.1, 0.15) is 116 Å². The van der Waals surface area contributed by atoms with Crippen LogP contribution in [0.5, 0.6) is 0 Å². The topological polar surface area (TPSA) is 31.8 Å². The molecule has 6 aliphatic rings. The van der Waals surface area contributed by atoms with Crippen LogP contribution in [0.4, 0.5) is 0 Å². The molecule has 0 radical (unpaired) electrons. The quantitative estimate of drug-likeness (QED) is 0.273. The Balaban J connectivity index is 0.00000323. The van der Waals surface area contributed by atoms with E-state index in [-0.39, 0.29) is 12.4 Å². The van der Waals surface area contributed by atoms with Gasteiger partial charge >= 0.3 is 242 Å². The maximum atomic E-state index is 6.89. The number of piperidine rings is 6. The number of hydrogen-bond donors (Lipinski definition) is 0. The van der Waals surface area contributed by atoms with Gasteiger partial charge in [-0.15, -0.1) is 12.4 Å². The molecule has 6 fully saturated rings. The summed E-state index contributed by atoms with van der Waals surface area (Å²) in [6.45, 7) is 15.5. The molecule has 10 heteroatoms. The van der Waals surface area contributed by atoms with Crippen LogP contribution in [0.2, 0.25) is 0 Å². The van der Waals surface area contributed by atoms with Gasteiger partial charge in [-0.1, -0.05) is 0 Å². The van der Waals surface area contributed by atoms with Gasteiger partial charge < -0.3 is 0 Å². The number of nitrogens with zero attached hydrogens (tertiary/aromatic N) is 7. The van der Waals surface area contributed by atoms with Gasteiger partial charge in [-0.05, 0) is 0 Å². The molecule has 40 heavy (non-hydrogen) atoms. The standard InChI is InChI=1S/C30H61N7P2.ClH/c1-7-19-32(20-8-1)38(33-21-9-2-10-22-33,34-23-11-3-12-24-34)31-39(35-25-13-4-14-26-35,36-27-15-5-16-28-36)37-29-17-6-18-30-37;/h38H,1-30H2;1H. The summed E-state index contributed by atoms with van der Waals surface area (Å²) in [7, 11) is -4.41.